The van der Waals surface area contributed by atoms with Crippen molar-refractivity contribution in [3.05, 3.63) is 14.9 Å². The summed E-state index contributed by atoms with van der Waals surface area (Å²) in [5.74, 6) is 0. The predicted octanol–water partition coefficient (Wildman–Crippen LogP) is 3.10. The second kappa shape index (κ2) is 4.22. The molecule has 84 valence electrons. The standard InChI is InChI=1S/C10H14ClIN2O/c1-10(2)4-3-7(15-10)5-14-6-8(11)9(12)13-14/h6-7H,3-5H2,1-2H3. The Morgan fingerprint density at radius 3 is 2.93 bits per heavy atom. The molecular weight excluding hydrogens is 326 g/mol. The summed E-state index contributed by atoms with van der Waals surface area (Å²) in [6, 6.07) is 0. The van der Waals surface area contributed by atoms with E-state index in [4.69, 9.17) is 16.3 Å². The number of hydrogen-bond donors (Lipinski definition) is 0. The number of halogens is 2. The smallest absolute Gasteiger partial charge is 0.141 e. The van der Waals surface area contributed by atoms with Crippen LogP contribution in [0.4, 0.5) is 0 Å². The van der Waals surface area contributed by atoms with Gasteiger partial charge in [0, 0.05) is 6.20 Å². The van der Waals surface area contributed by atoms with Crippen LogP contribution in [0, 0.1) is 3.70 Å². The molecule has 0 spiro atoms. The highest BCUT2D eigenvalue weighted by Gasteiger charge is 2.31. The van der Waals surface area contributed by atoms with Crippen molar-refractivity contribution in [2.45, 2.75) is 44.9 Å². The minimum atomic E-state index is 0.0226. The van der Waals surface area contributed by atoms with Gasteiger partial charge >= 0.3 is 0 Å². The van der Waals surface area contributed by atoms with E-state index in [2.05, 4.69) is 41.5 Å². The Labute approximate surface area is 108 Å². The highest BCUT2D eigenvalue weighted by molar-refractivity contribution is 14.1. The zero-order valence-electron chi connectivity index (χ0n) is 8.83. The average molecular weight is 341 g/mol. The molecule has 1 aliphatic rings. The molecule has 2 heterocycles. The van der Waals surface area contributed by atoms with E-state index < -0.39 is 0 Å². The van der Waals surface area contributed by atoms with E-state index in [1.165, 1.54) is 0 Å². The first-order chi connectivity index (χ1) is 6.96. The SMILES string of the molecule is CC1(C)CCC(Cn2cc(Cl)c(I)n2)O1. The molecule has 2 rings (SSSR count). The Morgan fingerprint density at radius 2 is 2.47 bits per heavy atom. The Bertz CT molecular complexity index is 345. The Hall–Kier alpha value is 0.190. The molecule has 1 aliphatic heterocycles. The van der Waals surface area contributed by atoms with Crippen molar-refractivity contribution in [3.8, 4) is 0 Å². The van der Waals surface area contributed by atoms with Gasteiger partial charge in [0.15, 0.2) is 0 Å². The molecule has 1 saturated heterocycles. The van der Waals surface area contributed by atoms with Gasteiger partial charge in [0.25, 0.3) is 0 Å². The van der Waals surface area contributed by atoms with Crippen LogP contribution in [0.3, 0.4) is 0 Å². The van der Waals surface area contributed by atoms with Gasteiger partial charge in [0.2, 0.25) is 0 Å². The lowest BCUT2D eigenvalue weighted by Gasteiger charge is -2.19. The zero-order chi connectivity index (χ0) is 11.1. The van der Waals surface area contributed by atoms with Crippen LogP contribution in [0.5, 0.6) is 0 Å². The fourth-order valence-electron chi connectivity index (χ4n) is 1.88. The largest absolute Gasteiger partial charge is 0.370 e. The number of hydrogen-bond acceptors (Lipinski definition) is 2. The maximum absolute atomic E-state index is 5.94. The molecule has 0 bridgehead atoms. The van der Waals surface area contributed by atoms with Gasteiger partial charge in [-0.15, -0.1) is 0 Å². The van der Waals surface area contributed by atoms with E-state index in [0.29, 0.717) is 5.02 Å². The molecule has 1 fully saturated rings. The van der Waals surface area contributed by atoms with Crippen molar-refractivity contribution in [1.82, 2.24) is 9.78 Å². The van der Waals surface area contributed by atoms with E-state index in [9.17, 15) is 0 Å². The zero-order valence-corrected chi connectivity index (χ0v) is 11.7. The third-order valence-corrected chi connectivity index (χ3v) is 4.01. The second-order valence-corrected chi connectivity index (χ2v) is 5.96. The summed E-state index contributed by atoms with van der Waals surface area (Å²) >= 11 is 8.07. The van der Waals surface area contributed by atoms with Crippen molar-refractivity contribution in [3.63, 3.8) is 0 Å². The van der Waals surface area contributed by atoms with Crippen molar-refractivity contribution >= 4 is 34.2 Å². The minimum absolute atomic E-state index is 0.0226. The van der Waals surface area contributed by atoms with Crippen molar-refractivity contribution in [2.75, 3.05) is 0 Å². The first kappa shape index (κ1) is 11.7. The van der Waals surface area contributed by atoms with Crippen LogP contribution in [-0.4, -0.2) is 21.5 Å². The summed E-state index contributed by atoms with van der Waals surface area (Å²) in [6.07, 6.45) is 4.34. The molecule has 1 atom stereocenters. The van der Waals surface area contributed by atoms with Gasteiger partial charge < -0.3 is 4.74 Å². The lowest BCUT2D eigenvalue weighted by atomic mass is 10.1. The molecule has 0 aliphatic carbocycles. The highest BCUT2D eigenvalue weighted by Crippen LogP contribution is 2.30. The van der Waals surface area contributed by atoms with Crippen LogP contribution in [0.25, 0.3) is 0 Å². The van der Waals surface area contributed by atoms with E-state index in [-0.39, 0.29) is 11.7 Å². The monoisotopic (exact) mass is 340 g/mol. The third-order valence-electron chi connectivity index (χ3n) is 2.62. The topological polar surface area (TPSA) is 27.1 Å². The van der Waals surface area contributed by atoms with E-state index in [0.717, 1.165) is 23.1 Å². The molecule has 15 heavy (non-hydrogen) atoms. The summed E-state index contributed by atoms with van der Waals surface area (Å²) in [4.78, 5) is 0. The van der Waals surface area contributed by atoms with Gasteiger partial charge in [-0.1, -0.05) is 11.6 Å². The summed E-state index contributed by atoms with van der Waals surface area (Å²) in [5.41, 5.74) is 0.0226. The molecular formula is C10H14ClIN2O. The molecule has 0 N–H and O–H groups in total. The molecule has 3 nitrogen and oxygen atoms in total. The number of ether oxygens (including phenoxy) is 1. The van der Waals surface area contributed by atoms with Crippen LogP contribution < -0.4 is 0 Å². The van der Waals surface area contributed by atoms with Gasteiger partial charge in [-0.3, -0.25) is 4.68 Å². The van der Waals surface area contributed by atoms with E-state index >= 15 is 0 Å². The molecule has 0 radical (unpaired) electrons. The lowest BCUT2D eigenvalue weighted by Crippen LogP contribution is -2.23. The van der Waals surface area contributed by atoms with Crippen LogP contribution in [0.1, 0.15) is 26.7 Å². The number of nitrogens with zero attached hydrogens (tertiary/aromatic N) is 2. The van der Waals surface area contributed by atoms with Crippen LogP contribution in [-0.2, 0) is 11.3 Å². The van der Waals surface area contributed by atoms with Gasteiger partial charge in [-0.2, -0.15) is 5.10 Å². The van der Waals surface area contributed by atoms with Crippen molar-refractivity contribution < 1.29 is 4.74 Å². The van der Waals surface area contributed by atoms with Crippen LogP contribution >= 0.6 is 34.2 Å². The van der Waals surface area contributed by atoms with Crippen molar-refractivity contribution in [2.24, 2.45) is 0 Å². The maximum atomic E-state index is 5.94. The molecule has 5 heteroatoms. The molecule has 0 amide bonds. The molecule has 0 saturated carbocycles. The molecule has 0 aromatic carbocycles. The average Bonchev–Trinajstić information content (AvgIpc) is 2.58. The second-order valence-electron chi connectivity index (χ2n) is 4.53. The number of aromatic nitrogens is 2. The van der Waals surface area contributed by atoms with Gasteiger partial charge in [0.1, 0.15) is 3.70 Å². The summed E-state index contributed by atoms with van der Waals surface area (Å²) < 4.78 is 8.62. The molecule has 1 aromatic rings. The van der Waals surface area contributed by atoms with E-state index in [1.54, 1.807) is 0 Å². The van der Waals surface area contributed by atoms with E-state index in [1.807, 2.05) is 10.9 Å². The lowest BCUT2D eigenvalue weighted by molar-refractivity contribution is -0.0230. The molecule has 1 aromatic heterocycles. The summed E-state index contributed by atoms with van der Waals surface area (Å²) in [7, 11) is 0. The quantitative estimate of drug-likeness (QED) is 0.774. The van der Waals surface area contributed by atoms with Gasteiger partial charge in [0.05, 0.1) is 23.3 Å². The Balaban J connectivity index is 1.98. The van der Waals surface area contributed by atoms with Crippen LogP contribution in [0.15, 0.2) is 6.20 Å². The Kier molecular flexibility index (Phi) is 3.28. The summed E-state index contributed by atoms with van der Waals surface area (Å²) in [5, 5.41) is 5.03. The Morgan fingerprint density at radius 1 is 1.73 bits per heavy atom. The third kappa shape index (κ3) is 2.85. The molecule has 1 unspecified atom stereocenters. The van der Waals surface area contributed by atoms with Crippen molar-refractivity contribution in [1.29, 1.82) is 0 Å². The van der Waals surface area contributed by atoms with Gasteiger partial charge in [-0.05, 0) is 49.3 Å². The maximum Gasteiger partial charge on any atom is 0.141 e. The first-order valence-electron chi connectivity index (χ1n) is 5.02. The normalized spacial score (nSPS) is 24.7. The minimum Gasteiger partial charge on any atom is -0.370 e. The number of rotatable bonds is 2. The predicted molar refractivity (Wildman–Crippen MR) is 68.1 cm³/mol. The van der Waals surface area contributed by atoms with Gasteiger partial charge in [-0.25, -0.2) is 0 Å². The highest BCUT2D eigenvalue weighted by atomic mass is 127. The summed E-state index contributed by atoms with van der Waals surface area (Å²) in [6.45, 7) is 5.06. The fourth-order valence-corrected chi connectivity index (χ4v) is 2.45. The fraction of sp³-hybridized carbons (Fsp3) is 0.700. The van der Waals surface area contributed by atoms with Crippen LogP contribution in [0.2, 0.25) is 5.02 Å². The first-order valence-corrected chi connectivity index (χ1v) is 6.48.